The molecule has 0 spiro atoms. The summed E-state index contributed by atoms with van der Waals surface area (Å²) in [5, 5.41) is 0. The SMILES string of the molecule is O=PCl.c1ccc(-c2ccccc2)cc1. The van der Waals surface area contributed by atoms with Crippen LogP contribution in [0, 0.1) is 0 Å². The molecule has 0 atom stereocenters. The molecular weight excluding hydrogens is 227 g/mol. The van der Waals surface area contributed by atoms with Gasteiger partial charge in [0.1, 0.15) is 0 Å². The monoisotopic (exact) mass is 236 g/mol. The third-order valence-corrected chi connectivity index (χ3v) is 1.88. The molecule has 2 aromatic rings. The van der Waals surface area contributed by atoms with Crippen LogP contribution in [0.5, 0.6) is 0 Å². The van der Waals surface area contributed by atoms with Crippen molar-refractivity contribution in [1.29, 1.82) is 0 Å². The van der Waals surface area contributed by atoms with Crippen molar-refractivity contribution in [1.82, 2.24) is 0 Å². The van der Waals surface area contributed by atoms with Crippen molar-refractivity contribution < 1.29 is 4.57 Å². The van der Waals surface area contributed by atoms with Gasteiger partial charge in [0.2, 0.25) is 0 Å². The summed E-state index contributed by atoms with van der Waals surface area (Å²) in [6, 6.07) is 20.8. The van der Waals surface area contributed by atoms with Crippen LogP contribution in [0.3, 0.4) is 0 Å². The minimum Gasteiger partial charge on any atom is -0.256 e. The molecule has 0 saturated carbocycles. The van der Waals surface area contributed by atoms with Gasteiger partial charge in [0, 0.05) is 0 Å². The molecule has 0 aliphatic heterocycles. The van der Waals surface area contributed by atoms with Crippen LogP contribution in [0.2, 0.25) is 0 Å². The quantitative estimate of drug-likeness (QED) is 0.651. The average Bonchev–Trinajstić information content (AvgIpc) is 2.32. The molecule has 0 aromatic heterocycles. The fourth-order valence-electron chi connectivity index (χ4n) is 1.26. The summed E-state index contributed by atoms with van der Waals surface area (Å²) in [5.74, 6) is 0. The summed E-state index contributed by atoms with van der Waals surface area (Å²) >= 11 is 4.42. The van der Waals surface area contributed by atoms with Crippen LogP contribution in [0.25, 0.3) is 11.1 Å². The van der Waals surface area contributed by atoms with Gasteiger partial charge in [0.05, 0.1) is 0 Å². The van der Waals surface area contributed by atoms with Gasteiger partial charge in [-0.3, -0.25) is 4.57 Å². The lowest BCUT2D eigenvalue weighted by molar-refractivity contribution is 0.605. The van der Waals surface area contributed by atoms with Gasteiger partial charge in [0.15, 0.2) is 0 Å². The Morgan fingerprint density at radius 3 is 1.27 bits per heavy atom. The van der Waals surface area contributed by atoms with Gasteiger partial charge in [-0.1, -0.05) is 60.7 Å². The normalized spacial score (nSPS) is 9.13. The van der Waals surface area contributed by atoms with Gasteiger partial charge in [-0.2, -0.15) is 0 Å². The molecule has 2 rings (SSSR count). The standard InChI is InChI=1S/C12H10.ClOP/c1-3-7-11(8-4-1)12-9-5-2-6-10-12;1-3-2/h1-10H;. The van der Waals surface area contributed by atoms with Gasteiger partial charge in [-0.05, 0) is 22.4 Å². The van der Waals surface area contributed by atoms with Crippen LogP contribution in [0.1, 0.15) is 0 Å². The van der Waals surface area contributed by atoms with Crippen molar-refractivity contribution >= 4 is 19.1 Å². The largest absolute Gasteiger partial charge is 0.267 e. The summed E-state index contributed by atoms with van der Waals surface area (Å²) in [7, 11) is -0.361. The van der Waals surface area contributed by atoms with Crippen molar-refractivity contribution in [3.05, 3.63) is 60.7 Å². The maximum absolute atomic E-state index is 8.67. The number of halogens is 1. The first kappa shape index (κ1) is 11.9. The zero-order valence-corrected chi connectivity index (χ0v) is 9.66. The fourth-order valence-corrected chi connectivity index (χ4v) is 1.26. The van der Waals surface area contributed by atoms with Gasteiger partial charge in [-0.25, -0.2) is 0 Å². The van der Waals surface area contributed by atoms with E-state index in [1.807, 2.05) is 12.1 Å². The maximum atomic E-state index is 8.67. The number of rotatable bonds is 1. The molecule has 0 aliphatic carbocycles. The Kier molecular flexibility index (Phi) is 5.69. The Morgan fingerprint density at radius 2 is 1.00 bits per heavy atom. The summed E-state index contributed by atoms with van der Waals surface area (Å²) in [6.07, 6.45) is 0. The van der Waals surface area contributed by atoms with Crippen molar-refractivity contribution in [3.63, 3.8) is 0 Å². The molecule has 0 bridgehead atoms. The van der Waals surface area contributed by atoms with E-state index in [0.717, 1.165) is 0 Å². The van der Waals surface area contributed by atoms with E-state index in [9.17, 15) is 0 Å². The zero-order chi connectivity index (χ0) is 10.9. The number of hydrogen-bond donors (Lipinski definition) is 0. The minimum atomic E-state index is -0.361. The molecule has 3 heteroatoms. The molecule has 15 heavy (non-hydrogen) atoms. The zero-order valence-electron chi connectivity index (χ0n) is 8.01. The molecular formula is C12H10ClOP. The highest BCUT2D eigenvalue weighted by Gasteiger charge is 1.91. The van der Waals surface area contributed by atoms with E-state index in [4.69, 9.17) is 4.57 Å². The van der Waals surface area contributed by atoms with Crippen LogP contribution >= 0.6 is 19.1 Å². The van der Waals surface area contributed by atoms with Crippen LogP contribution < -0.4 is 0 Å². The van der Waals surface area contributed by atoms with Crippen LogP contribution in [0.15, 0.2) is 60.7 Å². The molecule has 0 heterocycles. The first-order chi connectivity index (χ1) is 7.38. The molecule has 76 valence electrons. The van der Waals surface area contributed by atoms with E-state index in [0.29, 0.717) is 0 Å². The lowest BCUT2D eigenvalue weighted by atomic mass is 10.1. The predicted molar refractivity (Wildman–Crippen MR) is 65.3 cm³/mol. The van der Waals surface area contributed by atoms with Crippen LogP contribution in [0.4, 0.5) is 0 Å². The molecule has 0 saturated heterocycles. The topological polar surface area (TPSA) is 17.1 Å². The smallest absolute Gasteiger partial charge is 0.256 e. The van der Waals surface area contributed by atoms with E-state index in [1.54, 1.807) is 0 Å². The second-order valence-corrected chi connectivity index (χ2v) is 3.35. The summed E-state index contributed by atoms with van der Waals surface area (Å²) < 4.78 is 8.67. The second kappa shape index (κ2) is 7.17. The Labute approximate surface area is 95.7 Å². The number of hydrogen-bond acceptors (Lipinski definition) is 1. The van der Waals surface area contributed by atoms with Gasteiger partial charge in [0.25, 0.3) is 7.81 Å². The first-order valence-corrected chi connectivity index (χ1v) is 6.14. The lowest BCUT2D eigenvalue weighted by Gasteiger charge is -1.98. The van der Waals surface area contributed by atoms with E-state index >= 15 is 0 Å². The maximum Gasteiger partial charge on any atom is 0.267 e. The molecule has 0 fully saturated rings. The Hall–Kier alpha value is -1.17. The van der Waals surface area contributed by atoms with Crippen LogP contribution in [-0.4, -0.2) is 0 Å². The second-order valence-electron chi connectivity index (χ2n) is 2.80. The lowest BCUT2D eigenvalue weighted by Crippen LogP contribution is -1.73. The van der Waals surface area contributed by atoms with E-state index in [-0.39, 0.29) is 7.81 Å². The van der Waals surface area contributed by atoms with Crippen molar-refractivity contribution in [2.24, 2.45) is 0 Å². The van der Waals surface area contributed by atoms with E-state index < -0.39 is 0 Å². The molecule has 0 N–H and O–H groups in total. The molecule has 0 unspecified atom stereocenters. The molecule has 2 aromatic carbocycles. The molecule has 0 radical (unpaired) electrons. The predicted octanol–water partition coefficient (Wildman–Crippen LogP) is 4.79. The van der Waals surface area contributed by atoms with Crippen LogP contribution in [-0.2, 0) is 4.57 Å². The average molecular weight is 237 g/mol. The van der Waals surface area contributed by atoms with E-state index in [1.165, 1.54) is 11.1 Å². The summed E-state index contributed by atoms with van der Waals surface area (Å²) in [5.41, 5.74) is 2.55. The first-order valence-electron chi connectivity index (χ1n) is 4.42. The summed E-state index contributed by atoms with van der Waals surface area (Å²) in [6.45, 7) is 0. The highest BCUT2D eigenvalue weighted by atomic mass is 35.7. The van der Waals surface area contributed by atoms with E-state index in [2.05, 4.69) is 59.8 Å². The minimum absolute atomic E-state index is 0.361. The Morgan fingerprint density at radius 1 is 0.733 bits per heavy atom. The summed E-state index contributed by atoms with van der Waals surface area (Å²) in [4.78, 5) is 0. The number of benzene rings is 2. The van der Waals surface area contributed by atoms with Crippen molar-refractivity contribution in [2.45, 2.75) is 0 Å². The third kappa shape index (κ3) is 4.24. The highest BCUT2D eigenvalue weighted by Crippen LogP contribution is 2.17. The Bertz CT molecular complexity index is 351. The molecule has 0 aliphatic rings. The van der Waals surface area contributed by atoms with Gasteiger partial charge < -0.3 is 0 Å². The fraction of sp³-hybridized carbons (Fsp3) is 0. The molecule has 0 amide bonds. The van der Waals surface area contributed by atoms with Gasteiger partial charge in [-0.15, -0.1) is 0 Å². The highest BCUT2D eigenvalue weighted by molar-refractivity contribution is 7.57. The van der Waals surface area contributed by atoms with Crippen molar-refractivity contribution in [2.75, 3.05) is 0 Å². The van der Waals surface area contributed by atoms with Gasteiger partial charge >= 0.3 is 0 Å². The Balaban J connectivity index is 0.000000337. The molecule has 1 nitrogen and oxygen atoms in total. The third-order valence-electron chi connectivity index (χ3n) is 1.88. The van der Waals surface area contributed by atoms with Crippen molar-refractivity contribution in [3.8, 4) is 11.1 Å².